The fourth-order valence-corrected chi connectivity index (χ4v) is 5.57. The summed E-state index contributed by atoms with van der Waals surface area (Å²) in [4.78, 5) is 18.7. The Morgan fingerprint density at radius 3 is 2.89 bits per heavy atom. The summed E-state index contributed by atoms with van der Waals surface area (Å²) < 4.78 is 7.65. The van der Waals surface area contributed by atoms with Gasteiger partial charge in [-0.05, 0) is 76.0 Å². The van der Waals surface area contributed by atoms with Crippen LogP contribution in [0.5, 0.6) is 0 Å². The van der Waals surface area contributed by atoms with E-state index in [-0.39, 0.29) is 11.5 Å². The fraction of sp³-hybridized carbons (Fsp3) is 0.667. The third-order valence-corrected chi connectivity index (χ3v) is 7.34. The van der Waals surface area contributed by atoms with Crippen LogP contribution in [-0.2, 0) is 11.3 Å². The molecule has 1 aromatic carbocycles. The van der Waals surface area contributed by atoms with E-state index in [2.05, 4.69) is 27.9 Å². The predicted molar refractivity (Wildman–Crippen MR) is 135 cm³/mol. The first kappa shape index (κ1) is 25.5. The van der Waals surface area contributed by atoms with Crippen molar-refractivity contribution in [2.24, 2.45) is 11.3 Å². The molecule has 35 heavy (non-hydrogen) atoms. The lowest BCUT2D eigenvalue weighted by molar-refractivity contribution is -0.0190. The third kappa shape index (κ3) is 6.33. The summed E-state index contributed by atoms with van der Waals surface area (Å²) in [5.74, 6) is 0.350. The lowest BCUT2D eigenvalue weighted by atomic mass is 9.77. The lowest BCUT2D eigenvalue weighted by Crippen LogP contribution is -2.47. The molecule has 2 heterocycles. The second kappa shape index (κ2) is 9.79. The number of rotatable bonds is 6. The van der Waals surface area contributed by atoms with Crippen LogP contribution in [0.1, 0.15) is 65.4 Å². The van der Waals surface area contributed by atoms with E-state index in [1.54, 1.807) is 11.0 Å². The highest BCUT2D eigenvalue weighted by Gasteiger charge is 2.39. The van der Waals surface area contributed by atoms with Crippen LogP contribution >= 0.6 is 0 Å². The first-order valence-corrected chi connectivity index (χ1v) is 12.7. The SMILES string of the molecule is CC1(CNC[C@@]2(O)CCC[C@H](Cn3cnc4ccc(C#N)cc43)C2)CCN(C(=O)OC(C)(C)C)C1. The fourth-order valence-electron chi connectivity index (χ4n) is 5.57. The monoisotopic (exact) mass is 481 g/mol. The van der Waals surface area contributed by atoms with Crippen LogP contribution in [0.4, 0.5) is 4.79 Å². The Hall–Kier alpha value is -2.63. The number of nitriles is 1. The van der Waals surface area contributed by atoms with Gasteiger partial charge in [-0.1, -0.05) is 13.3 Å². The van der Waals surface area contributed by atoms with Crippen molar-refractivity contribution in [1.29, 1.82) is 5.26 Å². The Morgan fingerprint density at radius 2 is 2.14 bits per heavy atom. The average molecular weight is 482 g/mol. The van der Waals surface area contributed by atoms with Gasteiger partial charge in [0.1, 0.15) is 5.60 Å². The molecule has 1 aliphatic carbocycles. The second-order valence-electron chi connectivity index (χ2n) is 12.0. The molecular weight excluding hydrogens is 442 g/mol. The minimum Gasteiger partial charge on any atom is -0.444 e. The first-order valence-electron chi connectivity index (χ1n) is 12.7. The van der Waals surface area contributed by atoms with Crippen LogP contribution in [0.3, 0.4) is 0 Å². The molecule has 1 aliphatic heterocycles. The molecule has 8 nitrogen and oxygen atoms in total. The number of amides is 1. The van der Waals surface area contributed by atoms with Crippen LogP contribution in [0.2, 0.25) is 0 Å². The summed E-state index contributed by atoms with van der Waals surface area (Å²) in [5, 5.41) is 24.1. The van der Waals surface area contributed by atoms with Gasteiger partial charge in [0.25, 0.3) is 0 Å². The molecule has 1 aromatic heterocycles. The summed E-state index contributed by atoms with van der Waals surface area (Å²) in [7, 11) is 0. The van der Waals surface area contributed by atoms with Crippen molar-refractivity contribution < 1.29 is 14.6 Å². The zero-order chi connectivity index (χ0) is 25.3. The molecule has 0 radical (unpaired) electrons. The van der Waals surface area contributed by atoms with Crippen LogP contribution in [0, 0.1) is 22.7 Å². The largest absolute Gasteiger partial charge is 0.444 e. The Morgan fingerprint density at radius 1 is 1.34 bits per heavy atom. The summed E-state index contributed by atoms with van der Waals surface area (Å²) in [6.07, 6.45) is 6.10. The number of aromatic nitrogens is 2. The normalized spacial score (nSPS) is 27.2. The Kier molecular flexibility index (Phi) is 7.12. The Balaban J connectivity index is 1.29. The molecule has 2 N–H and O–H groups in total. The van der Waals surface area contributed by atoms with Gasteiger partial charge >= 0.3 is 6.09 Å². The van der Waals surface area contributed by atoms with E-state index >= 15 is 0 Å². The average Bonchev–Trinajstić information content (AvgIpc) is 3.36. The summed E-state index contributed by atoms with van der Waals surface area (Å²) in [6.45, 7) is 11.3. The highest BCUT2D eigenvalue weighted by atomic mass is 16.6. The minimum atomic E-state index is -0.739. The zero-order valence-electron chi connectivity index (χ0n) is 21.5. The van der Waals surface area contributed by atoms with E-state index in [1.165, 1.54) is 0 Å². The number of hydrogen-bond donors (Lipinski definition) is 2. The van der Waals surface area contributed by atoms with Crippen molar-refractivity contribution in [2.45, 2.75) is 77.5 Å². The van der Waals surface area contributed by atoms with Crippen LogP contribution in [-0.4, -0.2) is 63.0 Å². The van der Waals surface area contributed by atoms with Gasteiger partial charge < -0.3 is 24.6 Å². The predicted octanol–water partition coefficient (Wildman–Crippen LogP) is 4.07. The third-order valence-electron chi connectivity index (χ3n) is 7.34. The van der Waals surface area contributed by atoms with E-state index in [9.17, 15) is 15.2 Å². The van der Waals surface area contributed by atoms with Crippen molar-refractivity contribution in [3.05, 3.63) is 30.1 Å². The van der Waals surface area contributed by atoms with Gasteiger partial charge in [-0.3, -0.25) is 0 Å². The number of nitrogens with one attached hydrogen (secondary N) is 1. The first-order chi connectivity index (χ1) is 16.5. The highest BCUT2D eigenvalue weighted by molar-refractivity contribution is 5.77. The number of likely N-dealkylation sites (tertiary alicyclic amines) is 1. The molecule has 1 unspecified atom stereocenters. The molecule has 4 rings (SSSR count). The summed E-state index contributed by atoms with van der Waals surface area (Å²) in [6, 6.07) is 7.78. The quantitative estimate of drug-likeness (QED) is 0.645. The number of fused-ring (bicyclic) bond motifs is 1. The van der Waals surface area contributed by atoms with Gasteiger partial charge in [0.15, 0.2) is 0 Å². The van der Waals surface area contributed by atoms with Crippen molar-refractivity contribution in [3.63, 3.8) is 0 Å². The molecule has 190 valence electrons. The molecule has 0 spiro atoms. The van der Waals surface area contributed by atoms with Gasteiger partial charge in [-0.15, -0.1) is 0 Å². The van der Waals surface area contributed by atoms with E-state index in [0.29, 0.717) is 31.1 Å². The number of hydrogen-bond acceptors (Lipinski definition) is 6. The van der Waals surface area contributed by atoms with E-state index in [1.807, 2.05) is 39.2 Å². The zero-order valence-corrected chi connectivity index (χ0v) is 21.5. The van der Waals surface area contributed by atoms with Crippen LogP contribution < -0.4 is 5.32 Å². The number of carbonyl (C=O) groups is 1. The van der Waals surface area contributed by atoms with E-state index < -0.39 is 11.2 Å². The molecule has 0 bridgehead atoms. The maximum atomic E-state index is 12.4. The number of imidazole rings is 1. The number of benzene rings is 1. The molecule has 2 aliphatic rings. The van der Waals surface area contributed by atoms with Gasteiger partial charge in [0.05, 0.1) is 34.6 Å². The van der Waals surface area contributed by atoms with Gasteiger partial charge in [-0.2, -0.15) is 5.26 Å². The molecule has 1 saturated carbocycles. The molecule has 2 fully saturated rings. The number of nitrogens with zero attached hydrogens (tertiary/aromatic N) is 4. The topological polar surface area (TPSA) is 103 Å². The molecule has 1 amide bonds. The second-order valence-corrected chi connectivity index (χ2v) is 12.0. The standard InChI is InChI=1S/C27H39N5O3/c1-25(2,3)35-24(33)31-11-10-26(4,18-31)16-29-17-27(34)9-5-6-21(13-27)15-32-19-30-22-8-7-20(14-28)12-23(22)32/h7-8,12,19,21,29,34H,5-6,9-11,13,15-18H2,1-4H3/t21-,26?,27+/m0/s1. The number of aliphatic hydroxyl groups is 1. The van der Waals surface area contributed by atoms with Gasteiger partial charge in [0.2, 0.25) is 0 Å². The number of ether oxygens (including phenoxy) is 1. The number of carbonyl (C=O) groups excluding carboxylic acids is 1. The molecule has 1 saturated heterocycles. The van der Waals surface area contributed by atoms with E-state index in [4.69, 9.17) is 4.74 Å². The van der Waals surface area contributed by atoms with Crippen molar-refractivity contribution >= 4 is 17.1 Å². The minimum absolute atomic E-state index is 0.0322. The maximum Gasteiger partial charge on any atom is 0.410 e. The molecule has 2 aromatic rings. The summed E-state index contributed by atoms with van der Waals surface area (Å²) >= 11 is 0. The van der Waals surface area contributed by atoms with Crippen molar-refractivity contribution in [3.8, 4) is 6.07 Å². The Labute approximate surface area is 208 Å². The van der Waals surface area contributed by atoms with Crippen molar-refractivity contribution in [2.75, 3.05) is 26.2 Å². The van der Waals surface area contributed by atoms with Crippen LogP contribution in [0.25, 0.3) is 11.0 Å². The molecule has 8 heteroatoms. The smallest absolute Gasteiger partial charge is 0.410 e. The highest BCUT2D eigenvalue weighted by Crippen LogP contribution is 2.35. The molecular formula is C27H39N5O3. The Bertz CT molecular complexity index is 1100. The lowest BCUT2D eigenvalue weighted by Gasteiger charge is -2.38. The van der Waals surface area contributed by atoms with Gasteiger partial charge in [0, 0.05) is 32.7 Å². The van der Waals surface area contributed by atoms with Gasteiger partial charge in [-0.25, -0.2) is 9.78 Å². The van der Waals surface area contributed by atoms with E-state index in [0.717, 1.165) is 56.2 Å². The molecule has 3 atom stereocenters. The van der Waals surface area contributed by atoms with Crippen molar-refractivity contribution in [1.82, 2.24) is 19.8 Å². The maximum absolute atomic E-state index is 12.4. The van der Waals surface area contributed by atoms with Crippen LogP contribution in [0.15, 0.2) is 24.5 Å². The summed E-state index contributed by atoms with van der Waals surface area (Å²) in [5.41, 5.74) is 1.24.